The minimum absolute atomic E-state index is 0.657. The molecule has 0 radical (unpaired) electrons. The largest absolute Gasteiger partial charge is 0.385 e. The van der Waals surface area contributed by atoms with E-state index in [-0.39, 0.29) is 0 Å². The molecule has 0 spiro atoms. The lowest BCUT2D eigenvalue weighted by molar-refractivity contribution is 0.0327. The lowest BCUT2D eigenvalue weighted by Crippen LogP contribution is -2.27. The number of benzene rings is 2. The van der Waals surface area contributed by atoms with Gasteiger partial charge in [0.2, 0.25) is 0 Å². The van der Waals surface area contributed by atoms with Crippen LogP contribution >= 0.6 is 22.6 Å². The Morgan fingerprint density at radius 1 is 1.00 bits per heavy atom. The summed E-state index contributed by atoms with van der Waals surface area (Å²) in [6, 6.07) is 18.3. The molecule has 0 aliphatic carbocycles. The summed E-state index contributed by atoms with van der Waals surface area (Å²) < 4.78 is 1.22. The number of hydrogen-bond donors (Lipinski definition) is 1. The highest BCUT2D eigenvalue weighted by Gasteiger charge is 2.27. The van der Waals surface area contributed by atoms with E-state index < -0.39 is 5.60 Å². The van der Waals surface area contributed by atoms with Crippen LogP contribution in [0.4, 0.5) is 0 Å². The Labute approximate surface area is 122 Å². The number of rotatable bonds is 4. The van der Waals surface area contributed by atoms with Crippen LogP contribution in [0.25, 0.3) is 0 Å². The lowest BCUT2D eigenvalue weighted by Gasteiger charge is -2.27. The Morgan fingerprint density at radius 2 is 1.61 bits per heavy atom. The zero-order chi connectivity index (χ0) is 13.0. The molecule has 0 amide bonds. The molecule has 0 aromatic heterocycles. The highest BCUT2D eigenvalue weighted by Crippen LogP contribution is 2.29. The molecule has 0 saturated carbocycles. The van der Waals surface area contributed by atoms with Crippen molar-refractivity contribution in [2.75, 3.05) is 0 Å². The van der Waals surface area contributed by atoms with Crippen LogP contribution in [0.5, 0.6) is 0 Å². The first-order valence-electron chi connectivity index (χ1n) is 6.16. The van der Waals surface area contributed by atoms with Gasteiger partial charge in [0.15, 0.2) is 0 Å². The van der Waals surface area contributed by atoms with Gasteiger partial charge in [-0.1, -0.05) is 49.4 Å². The van der Waals surface area contributed by atoms with Crippen molar-refractivity contribution < 1.29 is 5.11 Å². The maximum absolute atomic E-state index is 10.8. The van der Waals surface area contributed by atoms with Gasteiger partial charge in [-0.05, 0) is 52.3 Å². The van der Waals surface area contributed by atoms with Crippen molar-refractivity contribution in [1.82, 2.24) is 0 Å². The van der Waals surface area contributed by atoms with Gasteiger partial charge in [-0.15, -0.1) is 0 Å². The van der Waals surface area contributed by atoms with E-state index >= 15 is 0 Å². The molecule has 1 atom stereocenters. The summed E-state index contributed by atoms with van der Waals surface area (Å²) in [6.07, 6.45) is 1.37. The van der Waals surface area contributed by atoms with Gasteiger partial charge in [-0.25, -0.2) is 0 Å². The second-order valence-electron chi connectivity index (χ2n) is 4.55. The fourth-order valence-electron chi connectivity index (χ4n) is 2.12. The van der Waals surface area contributed by atoms with Gasteiger partial charge in [0.05, 0.1) is 5.60 Å². The van der Waals surface area contributed by atoms with E-state index in [0.29, 0.717) is 12.8 Å². The van der Waals surface area contributed by atoms with Crippen LogP contribution in [-0.2, 0) is 12.0 Å². The summed E-state index contributed by atoms with van der Waals surface area (Å²) in [5.74, 6) is 0. The maximum Gasteiger partial charge on any atom is 0.0934 e. The molecule has 1 N–H and O–H groups in total. The van der Waals surface area contributed by atoms with Crippen LogP contribution in [0, 0.1) is 3.57 Å². The molecule has 2 aromatic rings. The van der Waals surface area contributed by atoms with Crippen molar-refractivity contribution in [3.63, 3.8) is 0 Å². The Hall–Kier alpha value is -0.870. The third-order valence-electron chi connectivity index (χ3n) is 3.31. The van der Waals surface area contributed by atoms with E-state index in [4.69, 9.17) is 0 Å². The molecule has 0 heterocycles. The molecular formula is C16H17IO. The third kappa shape index (κ3) is 3.12. The number of hydrogen-bond acceptors (Lipinski definition) is 1. The highest BCUT2D eigenvalue weighted by atomic mass is 127. The minimum Gasteiger partial charge on any atom is -0.385 e. The molecule has 0 fully saturated rings. The fraction of sp³-hybridized carbons (Fsp3) is 0.250. The van der Waals surface area contributed by atoms with Crippen LogP contribution in [-0.4, -0.2) is 5.11 Å². The molecule has 2 heteroatoms. The standard InChI is InChI=1S/C16H17IO/c1-2-16(18,14-6-4-3-5-7-14)12-13-8-10-15(17)11-9-13/h3-11,18H,2,12H2,1H3. The summed E-state index contributed by atoms with van der Waals surface area (Å²) in [5.41, 5.74) is 1.39. The molecule has 0 aliphatic heterocycles. The molecule has 2 rings (SSSR count). The van der Waals surface area contributed by atoms with Crippen LogP contribution < -0.4 is 0 Å². The van der Waals surface area contributed by atoms with E-state index in [0.717, 1.165) is 5.56 Å². The van der Waals surface area contributed by atoms with Gasteiger partial charge in [-0.3, -0.25) is 0 Å². The van der Waals surface area contributed by atoms with E-state index in [1.165, 1.54) is 9.13 Å². The molecule has 0 aliphatic rings. The lowest BCUT2D eigenvalue weighted by atomic mass is 9.85. The first-order valence-corrected chi connectivity index (χ1v) is 7.24. The second kappa shape index (κ2) is 5.85. The monoisotopic (exact) mass is 352 g/mol. The van der Waals surface area contributed by atoms with Crippen LogP contribution in [0.3, 0.4) is 0 Å². The van der Waals surface area contributed by atoms with Crippen LogP contribution in [0.2, 0.25) is 0 Å². The predicted molar refractivity (Wildman–Crippen MR) is 83.5 cm³/mol. The van der Waals surface area contributed by atoms with Gasteiger partial charge in [-0.2, -0.15) is 0 Å². The molecule has 2 aromatic carbocycles. The Morgan fingerprint density at radius 3 is 2.17 bits per heavy atom. The second-order valence-corrected chi connectivity index (χ2v) is 5.80. The molecular weight excluding hydrogens is 335 g/mol. The number of aliphatic hydroxyl groups is 1. The van der Waals surface area contributed by atoms with Crippen molar-refractivity contribution in [2.24, 2.45) is 0 Å². The smallest absolute Gasteiger partial charge is 0.0934 e. The van der Waals surface area contributed by atoms with Gasteiger partial charge in [0, 0.05) is 9.99 Å². The fourth-order valence-corrected chi connectivity index (χ4v) is 2.48. The molecule has 1 unspecified atom stereocenters. The summed E-state index contributed by atoms with van der Waals surface area (Å²) in [4.78, 5) is 0. The summed E-state index contributed by atoms with van der Waals surface area (Å²) >= 11 is 2.29. The molecule has 1 nitrogen and oxygen atoms in total. The zero-order valence-electron chi connectivity index (χ0n) is 10.4. The summed E-state index contributed by atoms with van der Waals surface area (Å²) in [7, 11) is 0. The maximum atomic E-state index is 10.8. The van der Waals surface area contributed by atoms with E-state index in [9.17, 15) is 5.11 Å². The highest BCUT2D eigenvalue weighted by molar-refractivity contribution is 14.1. The molecule has 0 bridgehead atoms. The normalized spacial score (nSPS) is 14.2. The van der Waals surface area contributed by atoms with Crippen molar-refractivity contribution >= 4 is 22.6 Å². The average Bonchev–Trinajstić information content (AvgIpc) is 2.42. The van der Waals surface area contributed by atoms with Crippen molar-refractivity contribution in [2.45, 2.75) is 25.4 Å². The molecule has 18 heavy (non-hydrogen) atoms. The van der Waals surface area contributed by atoms with Crippen LogP contribution in [0.1, 0.15) is 24.5 Å². The van der Waals surface area contributed by atoms with Gasteiger partial charge in [0.25, 0.3) is 0 Å². The number of halogens is 1. The van der Waals surface area contributed by atoms with E-state index in [1.54, 1.807) is 0 Å². The minimum atomic E-state index is -0.770. The average molecular weight is 352 g/mol. The van der Waals surface area contributed by atoms with E-state index in [1.807, 2.05) is 37.3 Å². The predicted octanol–water partition coefficient (Wildman–Crippen LogP) is 4.13. The Kier molecular flexibility index (Phi) is 4.40. The zero-order valence-corrected chi connectivity index (χ0v) is 12.6. The van der Waals surface area contributed by atoms with Crippen molar-refractivity contribution in [3.05, 3.63) is 69.3 Å². The first kappa shape index (κ1) is 13.6. The van der Waals surface area contributed by atoms with Crippen molar-refractivity contribution in [1.29, 1.82) is 0 Å². The quantitative estimate of drug-likeness (QED) is 0.821. The first-order chi connectivity index (χ1) is 8.64. The van der Waals surface area contributed by atoms with Gasteiger partial charge >= 0.3 is 0 Å². The molecule has 0 saturated heterocycles. The Balaban J connectivity index is 2.26. The molecule has 94 valence electrons. The summed E-state index contributed by atoms with van der Waals surface area (Å²) in [6.45, 7) is 2.03. The SMILES string of the molecule is CCC(O)(Cc1ccc(I)cc1)c1ccccc1. The van der Waals surface area contributed by atoms with Crippen molar-refractivity contribution in [3.8, 4) is 0 Å². The summed E-state index contributed by atoms with van der Waals surface area (Å²) in [5, 5.41) is 10.8. The van der Waals surface area contributed by atoms with Crippen LogP contribution in [0.15, 0.2) is 54.6 Å². The topological polar surface area (TPSA) is 20.2 Å². The third-order valence-corrected chi connectivity index (χ3v) is 4.03. The Bertz CT molecular complexity index is 492. The van der Waals surface area contributed by atoms with Gasteiger partial charge in [0.1, 0.15) is 0 Å². The van der Waals surface area contributed by atoms with E-state index in [2.05, 4.69) is 46.9 Å². The van der Waals surface area contributed by atoms with Gasteiger partial charge < -0.3 is 5.11 Å².